The first-order valence-electron chi connectivity index (χ1n) is 23.0. The predicted molar refractivity (Wildman–Crippen MR) is 281 cm³/mol. The summed E-state index contributed by atoms with van der Waals surface area (Å²) >= 11 is 0. The Labute approximate surface area is 393 Å². The van der Waals surface area contributed by atoms with E-state index in [2.05, 4.69) is 234 Å². The number of hydrogen-bond acceptors (Lipinski definition) is 3. The van der Waals surface area contributed by atoms with Crippen LogP contribution in [-0.4, -0.2) is 24.1 Å². The van der Waals surface area contributed by atoms with Gasteiger partial charge in [-0.3, -0.25) is 4.57 Å². The second-order valence-corrected chi connectivity index (χ2v) is 17.2. The van der Waals surface area contributed by atoms with Crippen LogP contribution in [0.1, 0.15) is 0 Å². The minimum absolute atomic E-state index is 0.555. The zero-order valence-electron chi connectivity index (χ0n) is 36.9. The topological polar surface area (TPSA) is 48.5 Å². The molecule has 5 nitrogen and oxygen atoms in total. The Bertz CT molecular complexity index is 3990. The zero-order chi connectivity index (χ0) is 45.0. The highest BCUT2D eigenvalue weighted by Gasteiger charge is 2.24. The fourth-order valence-corrected chi connectivity index (χ4v) is 10.00. The summed E-state index contributed by atoms with van der Waals surface area (Å²) in [6.45, 7) is 0. The van der Waals surface area contributed by atoms with E-state index in [0.29, 0.717) is 17.6 Å². The van der Waals surface area contributed by atoms with Crippen molar-refractivity contribution in [2.24, 2.45) is 0 Å². The number of fused-ring (bicyclic) bond motifs is 7. The highest BCUT2D eigenvalue weighted by atomic mass is 15.2. The maximum Gasteiger partial charge on any atom is 0.238 e. The molecule has 0 aliphatic carbocycles. The van der Waals surface area contributed by atoms with Crippen LogP contribution in [0.3, 0.4) is 0 Å². The van der Waals surface area contributed by atoms with Crippen LogP contribution in [-0.2, 0) is 0 Å². The summed E-state index contributed by atoms with van der Waals surface area (Å²) in [5.41, 5.74) is 16.5. The molecule has 0 atom stereocenters. The molecule has 13 aromatic rings. The molecule has 318 valence electrons. The fourth-order valence-electron chi connectivity index (χ4n) is 10.00. The van der Waals surface area contributed by atoms with Crippen LogP contribution in [0.2, 0.25) is 0 Å². The lowest BCUT2D eigenvalue weighted by atomic mass is 9.94. The molecule has 68 heavy (non-hydrogen) atoms. The molecule has 3 heterocycles. The van der Waals surface area contributed by atoms with Crippen LogP contribution in [0.25, 0.3) is 123 Å². The van der Waals surface area contributed by atoms with Gasteiger partial charge in [0.05, 0.1) is 27.8 Å². The monoisotopic (exact) mass is 867 g/mol. The van der Waals surface area contributed by atoms with Gasteiger partial charge in [0.2, 0.25) is 5.95 Å². The molecular weight excluding hydrogens is 827 g/mol. The summed E-state index contributed by atoms with van der Waals surface area (Å²) in [4.78, 5) is 15.8. The van der Waals surface area contributed by atoms with Crippen molar-refractivity contribution < 1.29 is 0 Å². The van der Waals surface area contributed by atoms with E-state index in [1.54, 1.807) is 0 Å². The highest BCUT2D eigenvalue weighted by molar-refractivity contribution is 6.26. The van der Waals surface area contributed by atoms with Crippen molar-refractivity contribution in [2.45, 2.75) is 0 Å². The van der Waals surface area contributed by atoms with Crippen LogP contribution in [0.5, 0.6) is 0 Å². The molecule has 0 N–H and O–H groups in total. The quantitative estimate of drug-likeness (QED) is 0.153. The van der Waals surface area contributed by atoms with Crippen molar-refractivity contribution >= 4 is 43.6 Å². The van der Waals surface area contributed by atoms with Gasteiger partial charge in [0.25, 0.3) is 0 Å². The van der Waals surface area contributed by atoms with Gasteiger partial charge in [-0.25, -0.2) is 4.98 Å². The van der Waals surface area contributed by atoms with E-state index in [0.717, 1.165) is 77.5 Å². The fraction of sp³-hybridized carbons (Fsp3) is 0. The second-order valence-electron chi connectivity index (χ2n) is 17.2. The molecule has 13 rings (SSSR count). The van der Waals surface area contributed by atoms with Crippen LogP contribution in [0.4, 0.5) is 0 Å². The van der Waals surface area contributed by atoms with Crippen LogP contribution < -0.4 is 0 Å². The molecule has 0 aliphatic rings. The van der Waals surface area contributed by atoms with Gasteiger partial charge in [0.15, 0.2) is 11.6 Å². The van der Waals surface area contributed by atoms with Crippen molar-refractivity contribution in [2.75, 3.05) is 0 Å². The first-order valence-corrected chi connectivity index (χ1v) is 23.0. The predicted octanol–water partition coefficient (Wildman–Crippen LogP) is 16.1. The van der Waals surface area contributed by atoms with Gasteiger partial charge in [-0.05, 0) is 75.3 Å². The normalized spacial score (nSPS) is 11.5. The maximum absolute atomic E-state index is 5.34. The minimum atomic E-state index is 0.555. The molecule has 3 aromatic heterocycles. The molecular formula is C63H41N5. The lowest BCUT2D eigenvalue weighted by Gasteiger charge is -2.17. The van der Waals surface area contributed by atoms with Gasteiger partial charge in [0.1, 0.15) is 0 Å². The molecule has 0 saturated heterocycles. The van der Waals surface area contributed by atoms with E-state index in [-0.39, 0.29) is 0 Å². The van der Waals surface area contributed by atoms with E-state index >= 15 is 0 Å². The van der Waals surface area contributed by atoms with Crippen molar-refractivity contribution in [3.63, 3.8) is 0 Å². The van der Waals surface area contributed by atoms with E-state index in [4.69, 9.17) is 15.0 Å². The molecule has 0 spiro atoms. The molecule has 0 bridgehead atoms. The summed E-state index contributed by atoms with van der Waals surface area (Å²) < 4.78 is 4.72. The Hall–Kier alpha value is -9.19. The van der Waals surface area contributed by atoms with Gasteiger partial charge < -0.3 is 4.57 Å². The smallest absolute Gasteiger partial charge is 0.238 e. The number of aromatic nitrogens is 5. The lowest BCUT2D eigenvalue weighted by molar-refractivity contribution is 0.953. The third kappa shape index (κ3) is 6.68. The van der Waals surface area contributed by atoms with Gasteiger partial charge in [-0.1, -0.05) is 212 Å². The summed E-state index contributed by atoms with van der Waals surface area (Å²) in [7, 11) is 0. The van der Waals surface area contributed by atoms with E-state index < -0.39 is 0 Å². The van der Waals surface area contributed by atoms with Gasteiger partial charge >= 0.3 is 0 Å². The Morgan fingerprint density at radius 2 is 0.721 bits per heavy atom. The van der Waals surface area contributed by atoms with Crippen LogP contribution in [0, 0.1) is 0 Å². The van der Waals surface area contributed by atoms with Crippen molar-refractivity contribution in [1.29, 1.82) is 0 Å². The molecule has 0 aliphatic heterocycles. The third-order valence-electron chi connectivity index (χ3n) is 13.2. The third-order valence-corrected chi connectivity index (χ3v) is 13.2. The SMILES string of the molecule is c1ccc(-c2ccc(-c3nc(-c4ccccc4)nc(-n4c5ccccc5c5c4ccc4c6ccccc6n(-c6ccc(-c7ccccc7)cc6-c6cccc(-c7ccccc7)c6)c45)n3)cc2)cc1. The Morgan fingerprint density at radius 1 is 0.265 bits per heavy atom. The summed E-state index contributed by atoms with van der Waals surface area (Å²) in [6, 6.07) is 88.3. The Balaban J connectivity index is 1.08. The first-order chi connectivity index (χ1) is 33.7. The van der Waals surface area contributed by atoms with Crippen LogP contribution >= 0.6 is 0 Å². The molecule has 0 amide bonds. The van der Waals surface area contributed by atoms with Gasteiger partial charge in [0, 0.05) is 38.2 Å². The number of para-hydroxylation sites is 2. The standard InChI is InChI=1S/C63H41N5/c1-5-18-42(19-6-1)45-32-34-47(35-33-45)62-64-61(46-24-11-4-12-25-46)65-63(66-62)68-56-31-16-14-29-53(56)59-58(68)39-37-52-51-28-13-15-30-55(51)67(60(52)59)57-38-36-49(44-22-9-3-10-23-44)41-54(57)50-27-17-26-48(40-50)43-20-7-2-8-21-43/h1-41H. The average Bonchev–Trinajstić information content (AvgIpc) is 3.95. The number of rotatable bonds is 8. The molecule has 0 unspecified atom stereocenters. The molecule has 0 radical (unpaired) electrons. The van der Waals surface area contributed by atoms with Gasteiger partial charge in [-0.15, -0.1) is 0 Å². The van der Waals surface area contributed by atoms with E-state index in [1.807, 2.05) is 24.3 Å². The van der Waals surface area contributed by atoms with Gasteiger partial charge in [-0.2, -0.15) is 9.97 Å². The molecule has 5 heteroatoms. The second kappa shape index (κ2) is 16.4. The lowest BCUT2D eigenvalue weighted by Crippen LogP contribution is -2.06. The summed E-state index contributed by atoms with van der Waals surface area (Å²) in [6.07, 6.45) is 0. The minimum Gasteiger partial charge on any atom is -0.308 e. The Kier molecular flexibility index (Phi) is 9.43. The molecule has 0 fully saturated rings. The van der Waals surface area contributed by atoms with Crippen molar-refractivity contribution in [3.8, 4) is 78.9 Å². The van der Waals surface area contributed by atoms with Crippen LogP contribution in [0.15, 0.2) is 249 Å². The number of nitrogens with zero attached hydrogens (tertiary/aromatic N) is 5. The molecule has 10 aromatic carbocycles. The Morgan fingerprint density at radius 3 is 1.37 bits per heavy atom. The van der Waals surface area contributed by atoms with Crippen molar-refractivity contribution in [1.82, 2.24) is 24.1 Å². The summed E-state index contributed by atoms with van der Waals surface area (Å²) in [5.74, 6) is 1.77. The van der Waals surface area contributed by atoms with E-state index in [9.17, 15) is 0 Å². The zero-order valence-corrected chi connectivity index (χ0v) is 36.9. The van der Waals surface area contributed by atoms with E-state index in [1.165, 1.54) is 27.5 Å². The number of hydrogen-bond donors (Lipinski definition) is 0. The maximum atomic E-state index is 5.34. The number of benzene rings is 10. The summed E-state index contributed by atoms with van der Waals surface area (Å²) in [5, 5.41) is 4.60. The highest BCUT2D eigenvalue weighted by Crippen LogP contribution is 2.44. The van der Waals surface area contributed by atoms with Crippen molar-refractivity contribution in [3.05, 3.63) is 249 Å². The first kappa shape index (κ1) is 39.2. The largest absolute Gasteiger partial charge is 0.308 e. The molecule has 0 saturated carbocycles. The average molecular weight is 868 g/mol.